The zero-order valence-corrected chi connectivity index (χ0v) is 14.9. The number of para-hydroxylation sites is 1. The molecule has 1 atom stereocenters. The number of aromatic nitrogens is 2. The zero-order chi connectivity index (χ0) is 17.0. The molecule has 0 bridgehead atoms. The number of rotatable bonds is 6. The van der Waals surface area contributed by atoms with Crippen molar-refractivity contribution < 1.29 is 9.47 Å². The Kier molecular flexibility index (Phi) is 5.21. The van der Waals surface area contributed by atoms with Gasteiger partial charge in [0.1, 0.15) is 11.4 Å². The van der Waals surface area contributed by atoms with Crippen molar-refractivity contribution in [3.8, 4) is 5.75 Å². The average Bonchev–Trinajstić information content (AvgIpc) is 3.03. The van der Waals surface area contributed by atoms with Crippen LogP contribution in [0.15, 0.2) is 36.7 Å². The Labute approximate surface area is 144 Å². The molecule has 3 rings (SSSR count). The van der Waals surface area contributed by atoms with E-state index in [1.165, 1.54) is 5.56 Å². The second-order valence-electron chi connectivity index (χ2n) is 6.67. The van der Waals surface area contributed by atoms with Crippen LogP contribution in [0.4, 0.5) is 0 Å². The van der Waals surface area contributed by atoms with Crippen molar-refractivity contribution in [1.29, 1.82) is 0 Å². The second kappa shape index (κ2) is 7.36. The highest BCUT2D eigenvalue weighted by atomic mass is 16.5. The summed E-state index contributed by atoms with van der Waals surface area (Å²) in [6.07, 6.45) is 6.12. The number of ether oxygens (including phenoxy) is 2. The fourth-order valence-corrected chi connectivity index (χ4v) is 3.41. The molecule has 0 spiro atoms. The van der Waals surface area contributed by atoms with Crippen molar-refractivity contribution in [2.75, 3.05) is 33.4 Å². The lowest BCUT2D eigenvalue weighted by atomic mass is 9.96. The molecule has 0 unspecified atom stereocenters. The van der Waals surface area contributed by atoms with Crippen LogP contribution in [0.5, 0.6) is 5.75 Å². The molecule has 1 aromatic carbocycles. The van der Waals surface area contributed by atoms with Gasteiger partial charge < -0.3 is 9.47 Å². The van der Waals surface area contributed by atoms with Crippen LogP contribution >= 0.6 is 0 Å². The van der Waals surface area contributed by atoms with Gasteiger partial charge in [-0.3, -0.25) is 9.58 Å². The van der Waals surface area contributed by atoms with Crippen LogP contribution < -0.4 is 4.74 Å². The number of morpholine rings is 1. The van der Waals surface area contributed by atoms with E-state index in [0.29, 0.717) is 0 Å². The van der Waals surface area contributed by atoms with Crippen LogP contribution in [-0.2, 0) is 23.8 Å². The fourth-order valence-electron chi connectivity index (χ4n) is 3.41. The Balaban J connectivity index is 1.56. The average molecular weight is 329 g/mol. The Hall–Kier alpha value is -1.85. The van der Waals surface area contributed by atoms with E-state index in [2.05, 4.69) is 35.3 Å². The topological polar surface area (TPSA) is 39.5 Å². The third-order valence-electron chi connectivity index (χ3n) is 4.78. The van der Waals surface area contributed by atoms with Crippen LogP contribution in [-0.4, -0.2) is 48.0 Å². The highest BCUT2D eigenvalue weighted by Gasteiger charge is 2.34. The number of nitrogens with zero attached hydrogens (tertiary/aromatic N) is 3. The standard InChI is InChI=1S/C19H27N3O2/c1-19(17-13-20-21(2)14-17)15-22(11-12-24-19)10-6-8-16-7-4-5-9-18(16)23-3/h4-5,7,9,13-14H,6,8,10-12,15H2,1-3H3/t19-/m0/s1. The molecule has 2 heterocycles. The van der Waals surface area contributed by atoms with E-state index in [0.717, 1.165) is 50.4 Å². The lowest BCUT2D eigenvalue weighted by Gasteiger charge is -2.40. The van der Waals surface area contributed by atoms with Gasteiger partial charge in [0.25, 0.3) is 0 Å². The minimum atomic E-state index is -0.267. The van der Waals surface area contributed by atoms with Crippen LogP contribution in [0.3, 0.4) is 0 Å². The molecule has 1 aliphatic rings. The van der Waals surface area contributed by atoms with Gasteiger partial charge in [0, 0.05) is 31.9 Å². The Bertz CT molecular complexity index is 670. The van der Waals surface area contributed by atoms with Gasteiger partial charge in [0.05, 0.1) is 19.9 Å². The lowest BCUT2D eigenvalue weighted by Crippen LogP contribution is -2.48. The zero-order valence-electron chi connectivity index (χ0n) is 14.9. The summed E-state index contributed by atoms with van der Waals surface area (Å²) >= 11 is 0. The van der Waals surface area contributed by atoms with Gasteiger partial charge in [0.15, 0.2) is 0 Å². The third kappa shape index (κ3) is 3.79. The molecule has 130 valence electrons. The summed E-state index contributed by atoms with van der Waals surface area (Å²) in [6, 6.07) is 8.27. The molecule has 2 aromatic rings. The minimum Gasteiger partial charge on any atom is -0.496 e. The highest BCUT2D eigenvalue weighted by molar-refractivity contribution is 5.33. The van der Waals surface area contributed by atoms with Crippen LogP contribution in [0.25, 0.3) is 0 Å². The van der Waals surface area contributed by atoms with Crippen molar-refractivity contribution in [2.45, 2.75) is 25.4 Å². The molecule has 5 nitrogen and oxygen atoms in total. The number of hydrogen-bond acceptors (Lipinski definition) is 4. The molecule has 1 saturated heterocycles. The first-order chi connectivity index (χ1) is 11.6. The molecule has 1 aliphatic heterocycles. The smallest absolute Gasteiger partial charge is 0.122 e. The molecular formula is C19H27N3O2. The normalized spacial score (nSPS) is 21.8. The van der Waals surface area contributed by atoms with Gasteiger partial charge in [-0.25, -0.2) is 0 Å². The van der Waals surface area contributed by atoms with Crippen LogP contribution in [0.1, 0.15) is 24.5 Å². The SMILES string of the molecule is COc1ccccc1CCCN1CCO[C@](C)(c2cnn(C)c2)C1. The van der Waals surface area contributed by atoms with E-state index in [9.17, 15) is 0 Å². The first-order valence-electron chi connectivity index (χ1n) is 8.58. The molecule has 0 saturated carbocycles. The predicted octanol–water partition coefficient (Wildman–Crippen LogP) is 2.61. The number of methoxy groups -OCH3 is 1. The molecule has 24 heavy (non-hydrogen) atoms. The van der Waals surface area contributed by atoms with Crippen molar-refractivity contribution in [3.05, 3.63) is 47.8 Å². The number of aryl methyl sites for hydroxylation is 2. The first kappa shape index (κ1) is 17.0. The predicted molar refractivity (Wildman–Crippen MR) is 94.3 cm³/mol. The summed E-state index contributed by atoms with van der Waals surface area (Å²) in [5.41, 5.74) is 2.17. The maximum absolute atomic E-state index is 6.08. The van der Waals surface area contributed by atoms with Gasteiger partial charge in [-0.15, -0.1) is 0 Å². The molecule has 5 heteroatoms. The van der Waals surface area contributed by atoms with Crippen molar-refractivity contribution in [3.63, 3.8) is 0 Å². The third-order valence-corrected chi connectivity index (χ3v) is 4.78. The van der Waals surface area contributed by atoms with Gasteiger partial charge in [-0.1, -0.05) is 18.2 Å². The number of hydrogen-bond donors (Lipinski definition) is 0. The summed E-state index contributed by atoms with van der Waals surface area (Å²) in [5.74, 6) is 0.986. The quantitative estimate of drug-likeness (QED) is 0.817. The summed E-state index contributed by atoms with van der Waals surface area (Å²) in [5, 5.41) is 4.29. The van der Waals surface area contributed by atoms with Crippen molar-refractivity contribution >= 4 is 0 Å². The molecular weight excluding hydrogens is 302 g/mol. The molecule has 0 aliphatic carbocycles. The molecule has 1 aromatic heterocycles. The highest BCUT2D eigenvalue weighted by Crippen LogP contribution is 2.29. The van der Waals surface area contributed by atoms with Gasteiger partial charge in [0.2, 0.25) is 0 Å². The van der Waals surface area contributed by atoms with E-state index in [4.69, 9.17) is 9.47 Å². The molecule has 0 amide bonds. The Morgan fingerprint density at radius 1 is 1.33 bits per heavy atom. The van der Waals surface area contributed by atoms with E-state index in [1.54, 1.807) is 7.11 Å². The molecule has 0 N–H and O–H groups in total. The first-order valence-corrected chi connectivity index (χ1v) is 8.58. The van der Waals surface area contributed by atoms with Crippen LogP contribution in [0, 0.1) is 0 Å². The summed E-state index contributed by atoms with van der Waals surface area (Å²) in [6.45, 7) is 5.89. The largest absolute Gasteiger partial charge is 0.496 e. The minimum absolute atomic E-state index is 0.267. The Morgan fingerprint density at radius 3 is 2.92 bits per heavy atom. The maximum atomic E-state index is 6.08. The van der Waals surface area contributed by atoms with Crippen molar-refractivity contribution in [1.82, 2.24) is 14.7 Å². The van der Waals surface area contributed by atoms with E-state index >= 15 is 0 Å². The van der Waals surface area contributed by atoms with Gasteiger partial charge in [-0.05, 0) is 37.9 Å². The fraction of sp³-hybridized carbons (Fsp3) is 0.526. The molecule has 0 radical (unpaired) electrons. The van der Waals surface area contributed by atoms with Gasteiger partial charge >= 0.3 is 0 Å². The Morgan fingerprint density at radius 2 is 2.17 bits per heavy atom. The summed E-state index contributed by atoms with van der Waals surface area (Å²) in [4.78, 5) is 2.49. The lowest BCUT2D eigenvalue weighted by molar-refractivity contribution is -0.103. The monoisotopic (exact) mass is 329 g/mol. The number of benzene rings is 1. The second-order valence-corrected chi connectivity index (χ2v) is 6.67. The molecule has 1 fully saturated rings. The van der Waals surface area contributed by atoms with E-state index < -0.39 is 0 Å². The summed E-state index contributed by atoms with van der Waals surface area (Å²) in [7, 11) is 3.68. The summed E-state index contributed by atoms with van der Waals surface area (Å²) < 4.78 is 13.4. The van der Waals surface area contributed by atoms with Crippen molar-refractivity contribution in [2.24, 2.45) is 7.05 Å². The van der Waals surface area contributed by atoms with Gasteiger partial charge in [-0.2, -0.15) is 5.10 Å². The van der Waals surface area contributed by atoms with E-state index in [1.807, 2.05) is 30.1 Å². The van der Waals surface area contributed by atoms with Crippen LogP contribution in [0.2, 0.25) is 0 Å². The maximum Gasteiger partial charge on any atom is 0.122 e. The van der Waals surface area contributed by atoms with E-state index in [-0.39, 0.29) is 5.60 Å².